The average molecular weight is 352 g/mol. The number of rotatable bonds is 5. The van der Waals surface area contributed by atoms with Gasteiger partial charge in [0.1, 0.15) is 12.4 Å². The molecular weight excluding hydrogens is 328 g/mol. The van der Waals surface area contributed by atoms with Crippen molar-refractivity contribution in [3.05, 3.63) is 59.9 Å². The van der Waals surface area contributed by atoms with Gasteiger partial charge in [-0.2, -0.15) is 0 Å². The predicted octanol–water partition coefficient (Wildman–Crippen LogP) is 3.35. The van der Waals surface area contributed by atoms with Crippen molar-refractivity contribution in [2.75, 3.05) is 6.61 Å². The fraction of sp³-hybridized carbons (Fsp3) is 0.429. The summed E-state index contributed by atoms with van der Waals surface area (Å²) in [4.78, 5) is 16.8. The second-order valence-electron chi connectivity index (χ2n) is 7.05. The summed E-state index contributed by atoms with van der Waals surface area (Å²) < 4.78 is 11.6. The van der Waals surface area contributed by atoms with Crippen molar-refractivity contribution in [2.24, 2.45) is 5.92 Å². The molecule has 1 amide bonds. The summed E-state index contributed by atoms with van der Waals surface area (Å²) in [5, 5.41) is 3.22. The van der Waals surface area contributed by atoms with Gasteiger partial charge in [0.15, 0.2) is 0 Å². The van der Waals surface area contributed by atoms with E-state index in [2.05, 4.69) is 10.3 Å². The minimum atomic E-state index is -0.0330. The highest BCUT2D eigenvalue weighted by Crippen LogP contribution is 2.34. The second kappa shape index (κ2) is 7.87. The largest absolute Gasteiger partial charge is 0.489 e. The predicted molar refractivity (Wildman–Crippen MR) is 98.0 cm³/mol. The van der Waals surface area contributed by atoms with E-state index in [0.29, 0.717) is 29.9 Å². The molecule has 4 rings (SSSR count). The first-order valence-corrected chi connectivity index (χ1v) is 9.34. The van der Waals surface area contributed by atoms with Gasteiger partial charge >= 0.3 is 0 Å². The lowest BCUT2D eigenvalue weighted by atomic mass is 9.81. The third-order valence-electron chi connectivity index (χ3n) is 5.32. The van der Waals surface area contributed by atoms with E-state index in [1.54, 1.807) is 18.5 Å². The summed E-state index contributed by atoms with van der Waals surface area (Å²) in [5.41, 5.74) is 1.63. The number of ether oxygens (including phenoxy) is 2. The lowest BCUT2D eigenvalue weighted by molar-refractivity contribution is 0.0510. The van der Waals surface area contributed by atoms with Gasteiger partial charge in [0.25, 0.3) is 5.91 Å². The fourth-order valence-corrected chi connectivity index (χ4v) is 3.98. The van der Waals surface area contributed by atoms with Crippen molar-refractivity contribution < 1.29 is 14.3 Å². The summed E-state index contributed by atoms with van der Waals surface area (Å²) >= 11 is 0. The molecule has 5 nitrogen and oxygen atoms in total. The molecule has 1 saturated heterocycles. The molecule has 0 radical (unpaired) electrons. The van der Waals surface area contributed by atoms with Crippen LogP contribution in [0.3, 0.4) is 0 Å². The molecule has 2 aromatic rings. The van der Waals surface area contributed by atoms with Crippen molar-refractivity contribution in [3.8, 4) is 5.75 Å². The highest BCUT2D eigenvalue weighted by Gasteiger charge is 2.38. The summed E-state index contributed by atoms with van der Waals surface area (Å²) in [5.74, 6) is 1.11. The topological polar surface area (TPSA) is 60.5 Å². The highest BCUT2D eigenvalue weighted by atomic mass is 16.5. The Labute approximate surface area is 153 Å². The molecule has 26 heavy (non-hydrogen) atoms. The van der Waals surface area contributed by atoms with Crippen molar-refractivity contribution >= 4 is 5.91 Å². The number of carbonyl (C=O) groups is 1. The monoisotopic (exact) mass is 352 g/mol. The fourth-order valence-electron chi connectivity index (χ4n) is 3.98. The van der Waals surface area contributed by atoms with Crippen LogP contribution in [0.15, 0.2) is 48.8 Å². The van der Waals surface area contributed by atoms with Gasteiger partial charge in [-0.15, -0.1) is 0 Å². The van der Waals surface area contributed by atoms with Crippen molar-refractivity contribution in [1.82, 2.24) is 10.3 Å². The summed E-state index contributed by atoms with van der Waals surface area (Å²) in [6.45, 7) is 1.25. The maximum absolute atomic E-state index is 12.7. The lowest BCUT2D eigenvalue weighted by Crippen LogP contribution is -2.45. The molecular formula is C21H24N2O3. The molecule has 1 aromatic heterocycles. The van der Waals surface area contributed by atoms with E-state index in [1.165, 1.54) is 0 Å². The van der Waals surface area contributed by atoms with E-state index in [0.717, 1.165) is 37.9 Å². The molecule has 1 N–H and O–H groups in total. The summed E-state index contributed by atoms with van der Waals surface area (Å²) in [6.07, 6.45) is 8.15. The second-order valence-corrected chi connectivity index (χ2v) is 7.05. The van der Waals surface area contributed by atoms with Crippen LogP contribution in [-0.2, 0) is 11.3 Å². The Bertz CT molecular complexity index is 750. The van der Waals surface area contributed by atoms with Crippen molar-refractivity contribution in [2.45, 2.75) is 44.4 Å². The van der Waals surface area contributed by atoms with Crippen LogP contribution in [0.2, 0.25) is 0 Å². The van der Waals surface area contributed by atoms with Gasteiger partial charge in [0, 0.05) is 42.1 Å². The van der Waals surface area contributed by atoms with Crippen LogP contribution in [0.5, 0.6) is 5.75 Å². The van der Waals surface area contributed by atoms with E-state index in [9.17, 15) is 4.79 Å². The molecule has 136 valence electrons. The number of hydrogen-bond acceptors (Lipinski definition) is 4. The molecule has 2 aliphatic rings. The molecule has 2 fully saturated rings. The van der Waals surface area contributed by atoms with Gasteiger partial charge in [-0.05, 0) is 49.9 Å². The zero-order chi connectivity index (χ0) is 17.8. The number of pyridine rings is 1. The first-order valence-electron chi connectivity index (χ1n) is 9.34. The number of nitrogens with zero attached hydrogens (tertiary/aromatic N) is 1. The molecule has 5 heteroatoms. The number of hydrogen-bond donors (Lipinski definition) is 1. The maximum Gasteiger partial charge on any atom is 0.251 e. The standard InChI is InChI=1S/C21H24N2O3/c24-21(23-19-7-2-8-20-18(19)9-11-25-20)16-5-1-6-17(12-16)26-14-15-4-3-10-22-13-15/h1,3-6,10,12-13,18-20H,2,7-9,11,14H2,(H,23,24)/t18-,19+,20+/m0/s1. The number of carbonyl (C=O) groups excluding carboxylic acids is 1. The number of aromatic nitrogens is 1. The number of benzene rings is 1. The minimum Gasteiger partial charge on any atom is -0.489 e. The minimum absolute atomic E-state index is 0.0330. The smallest absolute Gasteiger partial charge is 0.251 e. The zero-order valence-corrected chi connectivity index (χ0v) is 14.8. The number of fused-ring (bicyclic) bond motifs is 1. The molecule has 3 atom stereocenters. The summed E-state index contributed by atoms with van der Waals surface area (Å²) in [6, 6.07) is 11.4. The Morgan fingerprint density at radius 1 is 1.23 bits per heavy atom. The highest BCUT2D eigenvalue weighted by molar-refractivity contribution is 5.94. The molecule has 1 aliphatic carbocycles. The van der Waals surface area contributed by atoms with Gasteiger partial charge in [0.2, 0.25) is 0 Å². The van der Waals surface area contributed by atoms with E-state index in [1.807, 2.05) is 30.3 Å². The number of nitrogens with one attached hydrogen (secondary N) is 1. The third kappa shape index (κ3) is 3.88. The first-order chi connectivity index (χ1) is 12.8. The number of amides is 1. The maximum atomic E-state index is 12.7. The normalized spacial score (nSPS) is 24.7. The molecule has 1 aromatic carbocycles. The molecule has 0 unspecified atom stereocenters. The van der Waals surface area contributed by atoms with Crippen LogP contribution in [0.4, 0.5) is 0 Å². The van der Waals surface area contributed by atoms with Gasteiger partial charge in [0.05, 0.1) is 6.10 Å². The van der Waals surface area contributed by atoms with Crippen LogP contribution in [0, 0.1) is 5.92 Å². The quantitative estimate of drug-likeness (QED) is 0.896. The Morgan fingerprint density at radius 3 is 3.08 bits per heavy atom. The first kappa shape index (κ1) is 17.0. The molecule has 1 aliphatic heterocycles. The van der Waals surface area contributed by atoms with E-state index in [-0.39, 0.29) is 11.9 Å². The Balaban J connectivity index is 1.38. The van der Waals surface area contributed by atoms with E-state index in [4.69, 9.17) is 9.47 Å². The lowest BCUT2D eigenvalue weighted by Gasteiger charge is -2.33. The Kier molecular flexibility index (Phi) is 5.16. The molecule has 0 bridgehead atoms. The van der Waals surface area contributed by atoms with Crippen LogP contribution in [0.1, 0.15) is 41.6 Å². The molecule has 1 saturated carbocycles. The van der Waals surface area contributed by atoms with Crippen LogP contribution in [0.25, 0.3) is 0 Å². The Hall–Kier alpha value is -2.40. The van der Waals surface area contributed by atoms with Crippen LogP contribution >= 0.6 is 0 Å². The van der Waals surface area contributed by atoms with Gasteiger partial charge < -0.3 is 14.8 Å². The van der Waals surface area contributed by atoms with Crippen LogP contribution < -0.4 is 10.1 Å². The Morgan fingerprint density at radius 2 is 2.19 bits per heavy atom. The van der Waals surface area contributed by atoms with Gasteiger partial charge in [-0.1, -0.05) is 12.1 Å². The zero-order valence-electron chi connectivity index (χ0n) is 14.8. The SMILES string of the molecule is O=C(N[C@@H]1CCC[C@H]2OCC[C@@H]12)c1cccc(OCc2cccnc2)c1. The van der Waals surface area contributed by atoms with E-state index >= 15 is 0 Å². The molecule has 2 heterocycles. The van der Waals surface area contributed by atoms with E-state index < -0.39 is 0 Å². The van der Waals surface area contributed by atoms with Gasteiger partial charge in [-0.25, -0.2) is 0 Å². The van der Waals surface area contributed by atoms with Crippen molar-refractivity contribution in [1.29, 1.82) is 0 Å². The third-order valence-corrected chi connectivity index (χ3v) is 5.32. The molecule has 0 spiro atoms. The summed E-state index contributed by atoms with van der Waals surface area (Å²) in [7, 11) is 0. The van der Waals surface area contributed by atoms with Gasteiger partial charge in [-0.3, -0.25) is 9.78 Å². The van der Waals surface area contributed by atoms with Crippen LogP contribution in [-0.4, -0.2) is 29.6 Å². The average Bonchev–Trinajstić information content (AvgIpc) is 3.17. The van der Waals surface area contributed by atoms with Crippen molar-refractivity contribution in [3.63, 3.8) is 0 Å².